The minimum Gasteiger partial charge on any atom is -0.392 e. The second-order valence-electron chi connectivity index (χ2n) is 4.47. The maximum atomic E-state index is 12.6. The van der Waals surface area contributed by atoms with Gasteiger partial charge in [0.25, 0.3) is 5.56 Å². The van der Waals surface area contributed by atoms with Crippen molar-refractivity contribution in [1.29, 1.82) is 0 Å². The molecule has 1 aliphatic heterocycles. The van der Waals surface area contributed by atoms with Gasteiger partial charge in [0.15, 0.2) is 0 Å². The summed E-state index contributed by atoms with van der Waals surface area (Å²) in [5.74, 6) is 0.808. The first-order chi connectivity index (χ1) is 9.27. The zero-order valence-electron chi connectivity index (χ0n) is 10.7. The number of benzene rings is 1. The number of rotatable bonds is 2. The molecule has 1 N–H and O–H groups in total. The Kier molecular flexibility index (Phi) is 3.21. The topological polar surface area (TPSA) is 42.2 Å². The Hall–Kier alpha value is -1.52. The first kappa shape index (κ1) is 12.5. The number of hydrogen-bond donors (Lipinski definition) is 1. The number of nitrogens with zero attached hydrogens (tertiary/aromatic N) is 1. The lowest BCUT2D eigenvalue weighted by Crippen LogP contribution is -2.26. The molecule has 98 valence electrons. The molecule has 0 atom stereocenters. The van der Waals surface area contributed by atoms with E-state index in [4.69, 9.17) is 0 Å². The monoisotopic (exact) mass is 273 g/mol. The molecule has 4 heteroatoms. The number of pyridine rings is 1. The van der Waals surface area contributed by atoms with E-state index >= 15 is 0 Å². The van der Waals surface area contributed by atoms with E-state index in [2.05, 4.69) is 0 Å². The highest BCUT2D eigenvalue weighted by Gasteiger charge is 2.21. The summed E-state index contributed by atoms with van der Waals surface area (Å²) in [6.45, 7) is 2.53. The fourth-order valence-electron chi connectivity index (χ4n) is 2.60. The van der Waals surface area contributed by atoms with E-state index in [9.17, 15) is 9.90 Å². The summed E-state index contributed by atoms with van der Waals surface area (Å²) in [5.41, 5.74) is 2.41. The van der Waals surface area contributed by atoms with Gasteiger partial charge in [0.05, 0.1) is 17.7 Å². The molecule has 3 rings (SSSR count). The molecule has 0 saturated carbocycles. The van der Waals surface area contributed by atoms with Gasteiger partial charge in [-0.15, -0.1) is 11.8 Å². The van der Waals surface area contributed by atoms with E-state index in [1.54, 1.807) is 16.3 Å². The van der Waals surface area contributed by atoms with Gasteiger partial charge in [0.1, 0.15) is 0 Å². The van der Waals surface area contributed by atoms with Crippen molar-refractivity contribution in [2.24, 2.45) is 0 Å². The highest BCUT2D eigenvalue weighted by molar-refractivity contribution is 7.99. The molecule has 3 nitrogen and oxygen atoms in total. The quantitative estimate of drug-likeness (QED) is 0.914. The van der Waals surface area contributed by atoms with Crippen molar-refractivity contribution in [1.82, 2.24) is 4.57 Å². The van der Waals surface area contributed by atoms with Crippen LogP contribution in [0.15, 0.2) is 40.0 Å². The van der Waals surface area contributed by atoms with Gasteiger partial charge in [0.2, 0.25) is 0 Å². The number of aryl methyl sites for hydroxylation is 1. The third-order valence-electron chi connectivity index (χ3n) is 3.49. The van der Waals surface area contributed by atoms with Crippen molar-refractivity contribution >= 4 is 28.2 Å². The minimum absolute atomic E-state index is 0.00343. The van der Waals surface area contributed by atoms with Crippen molar-refractivity contribution in [2.45, 2.75) is 18.4 Å². The average Bonchev–Trinajstić information content (AvgIpc) is 2.47. The highest BCUT2D eigenvalue weighted by atomic mass is 32.2. The van der Waals surface area contributed by atoms with E-state index in [0.29, 0.717) is 12.1 Å². The van der Waals surface area contributed by atoms with E-state index in [0.717, 1.165) is 27.1 Å². The molecule has 0 amide bonds. The summed E-state index contributed by atoms with van der Waals surface area (Å²) >= 11 is 1.67. The van der Waals surface area contributed by atoms with Crippen LogP contribution in [-0.4, -0.2) is 22.0 Å². The van der Waals surface area contributed by atoms with Gasteiger partial charge in [-0.25, -0.2) is 0 Å². The molecule has 1 aromatic heterocycles. The van der Waals surface area contributed by atoms with Gasteiger partial charge >= 0.3 is 0 Å². The standard InChI is InChI=1S/C15H15NO2S/c1-2-16-12-6-4-3-5-11(12)14-13(15(16)18)10(9-17)7-8-19-14/h3-7,17H,2,8-9H2,1H3. The SMILES string of the molecule is CCn1c(=O)c2c(c3ccccc31)SCC=C2CO. The molecule has 2 aromatic rings. The summed E-state index contributed by atoms with van der Waals surface area (Å²) < 4.78 is 1.78. The minimum atomic E-state index is -0.0785. The number of para-hydroxylation sites is 1. The summed E-state index contributed by atoms with van der Waals surface area (Å²) in [6, 6.07) is 7.98. The predicted molar refractivity (Wildman–Crippen MR) is 79.7 cm³/mol. The Morgan fingerprint density at radius 2 is 2.16 bits per heavy atom. The number of aliphatic hydroxyl groups excluding tert-OH is 1. The number of aliphatic hydroxyl groups is 1. The molecular formula is C15H15NO2S. The maximum absolute atomic E-state index is 12.6. The lowest BCUT2D eigenvalue weighted by molar-refractivity contribution is 0.349. The normalized spacial score (nSPS) is 14.3. The molecule has 0 aliphatic carbocycles. The number of fused-ring (bicyclic) bond motifs is 3. The molecule has 0 fully saturated rings. The number of thioether (sulfide) groups is 1. The van der Waals surface area contributed by atoms with Gasteiger partial charge in [-0.1, -0.05) is 24.3 Å². The zero-order chi connectivity index (χ0) is 13.4. The van der Waals surface area contributed by atoms with Gasteiger partial charge in [0, 0.05) is 22.6 Å². The van der Waals surface area contributed by atoms with E-state index in [1.807, 2.05) is 37.3 Å². The molecule has 0 saturated heterocycles. The van der Waals surface area contributed by atoms with Crippen LogP contribution in [0.3, 0.4) is 0 Å². The molecule has 1 aromatic carbocycles. The third-order valence-corrected chi connectivity index (χ3v) is 4.54. The van der Waals surface area contributed by atoms with Crippen molar-refractivity contribution in [3.8, 4) is 0 Å². The van der Waals surface area contributed by atoms with Gasteiger partial charge in [-0.2, -0.15) is 0 Å². The van der Waals surface area contributed by atoms with Crippen molar-refractivity contribution in [2.75, 3.05) is 12.4 Å². The first-order valence-corrected chi connectivity index (χ1v) is 7.35. The smallest absolute Gasteiger partial charge is 0.259 e. The van der Waals surface area contributed by atoms with Crippen LogP contribution in [0.2, 0.25) is 0 Å². The van der Waals surface area contributed by atoms with Crippen molar-refractivity contribution in [3.05, 3.63) is 46.3 Å². The molecular weight excluding hydrogens is 258 g/mol. The van der Waals surface area contributed by atoms with Gasteiger partial charge in [-0.3, -0.25) is 4.79 Å². The Morgan fingerprint density at radius 1 is 1.37 bits per heavy atom. The number of hydrogen-bond acceptors (Lipinski definition) is 3. The molecule has 0 spiro atoms. The lowest BCUT2D eigenvalue weighted by Gasteiger charge is -2.20. The largest absolute Gasteiger partial charge is 0.392 e. The first-order valence-electron chi connectivity index (χ1n) is 6.36. The molecule has 2 heterocycles. The van der Waals surface area contributed by atoms with Crippen LogP contribution in [0.4, 0.5) is 0 Å². The molecule has 0 bridgehead atoms. The Labute approximate surface area is 115 Å². The Balaban J connectivity index is 2.49. The van der Waals surface area contributed by atoms with E-state index in [1.165, 1.54) is 0 Å². The summed E-state index contributed by atoms with van der Waals surface area (Å²) in [7, 11) is 0. The lowest BCUT2D eigenvalue weighted by atomic mass is 10.0. The highest BCUT2D eigenvalue weighted by Crippen LogP contribution is 2.36. The van der Waals surface area contributed by atoms with E-state index < -0.39 is 0 Å². The van der Waals surface area contributed by atoms with Crippen LogP contribution in [-0.2, 0) is 6.54 Å². The predicted octanol–water partition coefficient (Wildman–Crippen LogP) is 2.50. The molecule has 19 heavy (non-hydrogen) atoms. The second-order valence-corrected chi connectivity index (χ2v) is 5.50. The summed E-state index contributed by atoms with van der Waals surface area (Å²) in [5, 5.41) is 10.6. The Morgan fingerprint density at radius 3 is 2.89 bits per heavy atom. The van der Waals surface area contributed by atoms with Crippen molar-refractivity contribution in [3.63, 3.8) is 0 Å². The van der Waals surface area contributed by atoms with Crippen molar-refractivity contribution < 1.29 is 5.11 Å². The summed E-state index contributed by atoms with van der Waals surface area (Å²) in [6.07, 6.45) is 1.95. The fraction of sp³-hybridized carbons (Fsp3) is 0.267. The van der Waals surface area contributed by atoms with Crippen LogP contribution >= 0.6 is 11.8 Å². The van der Waals surface area contributed by atoms with Gasteiger partial charge < -0.3 is 9.67 Å². The van der Waals surface area contributed by atoms with Crippen LogP contribution < -0.4 is 5.56 Å². The number of aromatic nitrogens is 1. The van der Waals surface area contributed by atoms with E-state index in [-0.39, 0.29) is 12.2 Å². The molecule has 0 unspecified atom stereocenters. The molecule has 0 radical (unpaired) electrons. The Bertz CT molecular complexity index is 731. The average molecular weight is 273 g/mol. The second kappa shape index (κ2) is 4.87. The van der Waals surface area contributed by atoms with Crippen LogP contribution in [0.1, 0.15) is 12.5 Å². The molecule has 1 aliphatic rings. The maximum Gasteiger partial charge on any atom is 0.259 e. The zero-order valence-corrected chi connectivity index (χ0v) is 11.5. The third kappa shape index (κ3) is 1.83. The summed E-state index contributed by atoms with van der Waals surface area (Å²) in [4.78, 5) is 13.6. The van der Waals surface area contributed by atoms with Crippen LogP contribution in [0.25, 0.3) is 16.5 Å². The fourth-order valence-corrected chi connectivity index (χ4v) is 3.74. The van der Waals surface area contributed by atoms with Crippen LogP contribution in [0.5, 0.6) is 0 Å². The van der Waals surface area contributed by atoms with Crippen LogP contribution in [0, 0.1) is 0 Å². The van der Waals surface area contributed by atoms with Gasteiger partial charge in [-0.05, 0) is 18.6 Å².